The molecule has 0 amide bonds. The van der Waals surface area contributed by atoms with Crippen molar-refractivity contribution in [1.82, 2.24) is 0 Å². The van der Waals surface area contributed by atoms with Crippen LogP contribution in [0.5, 0.6) is 0 Å². The number of hydrogen-bond acceptors (Lipinski definition) is 4. The van der Waals surface area contributed by atoms with Crippen molar-refractivity contribution in [2.75, 3.05) is 18.1 Å². The van der Waals surface area contributed by atoms with Crippen molar-refractivity contribution in [3.8, 4) is 0 Å². The summed E-state index contributed by atoms with van der Waals surface area (Å²) in [7, 11) is 0. The van der Waals surface area contributed by atoms with E-state index in [1.807, 2.05) is 11.8 Å². The molecule has 0 bridgehead atoms. The highest BCUT2D eigenvalue weighted by Crippen LogP contribution is 2.46. The summed E-state index contributed by atoms with van der Waals surface area (Å²) in [4.78, 5) is 0. The first kappa shape index (κ1) is 15.4. The number of rotatable bonds is 2. The Balaban J connectivity index is 1.74. The highest BCUT2D eigenvalue weighted by molar-refractivity contribution is 7.99. The minimum absolute atomic E-state index is 0.0125. The van der Waals surface area contributed by atoms with E-state index in [2.05, 4.69) is 0 Å². The van der Waals surface area contributed by atoms with E-state index in [-0.39, 0.29) is 11.5 Å². The average Bonchev–Trinajstić information content (AvgIpc) is 2.78. The van der Waals surface area contributed by atoms with Gasteiger partial charge >= 0.3 is 0 Å². The Morgan fingerprint density at radius 1 is 1.35 bits per heavy atom. The maximum atomic E-state index is 10.7. The molecule has 3 rings (SSSR count). The van der Waals surface area contributed by atoms with E-state index in [1.165, 1.54) is 11.3 Å². The topological polar surface area (TPSA) is 29.5 Å². The lowest BCUT2D eigenvalue weighted by Crippen LogP contribution is -2.44. The second-order valence-corrected chi connectivity index (χ2v) is 9.13. The van der Waals surface area contributed by atoms with Gasteiger partial charge in [0, 0.05) is 12.2 Å². The SMILES string of the molecule is OC(c1cc(Cl)sc1Cl)C1CCOC2(CCSCC2)C1. The number of thiophene rings is 1. The molecule has 1 spiro atoms. The zero-order valence-corrected chi connectivity index (χ0v) is 14.3. The number of hydrogen-bond donors (Lipinski definition) is 1. The molecule has 2 aliphatic heterocycles. The van der Waals surface area contributed by atoms with Gasteiger partial charge in [-0.1, -0.05) is 23.2 Å². The van der Waals surface area contributed by atoms with Crippen LogP contribution < -0.4 is 0 Å². The Morgan fingerprint density at radius 3 is 2.75 bits per heavy atom. The maximum Gasteiger partial charge on any atom is 0.100 e. The molecule has 0 aromatic carbocycles. The number of thioether (sulfide) groups is 1. The van der Waals surface area contributed by atoms with E-state index in [1.54, 1.807) is 6.07 Å². The van der Waals surface area contributed by atoms with Crippen LogP contribution in [0, 0.1) is 5.92 Å². The fourth-order valence-corrected chi connectivity index (χ4v) is 6.01. The normalized spacial score (nSPS) is 27.6. The van der Waals surface area contributed by atoms with Crippen LogP contribution in [-0.4, -0.2) is 28.8 Å². The fourth-order valence-electron chi connectivity index (χ4n) is 3.24. The van der Waals surface area contributed by atoms with E-state index >= 15 is 0 Å². The van der Waals surface area contributed by atoms with Crippen LogP contribution in [0.25, 0.3) is 0 Å². The van der Waals surface area contributed by atoms with Gasteiger partial charge in [-0.3, -0.25) is 0 Å². The van der Waals surface area contributed by atoms with Crippen LogP contribution in [0.15, 0.2) is 6.07 Å². The van der Waals surface area contributed by atoms with Gasteiger partial charge in [0.1, 0.15) is 4.34 Å². The molecule has 2 atom stereocenters. The Morgan fingerprint density at radius 2 is 2.10 bits per heavy atom. The molecule has 112 valence electrons. The molecule has 20 heavy (non-hydrogen) atoms. The van der Waals surface area contributed by atoms with Gasteiger partial charge in [0.2, 0.25) is 0 Å². The van der Waals surface area contributed by atoms with E-state index in [0.717, 1.165) is 49.4 Å². The van der Waals surface area contributed by atoms with E-state index in [0.29, 0.717) is 8.67 Å². The molecule has 2 nitrogen and oxygen atoms in total. The highest BCUT2D eigenvalue weighted by Gasteiger charge is 2.41. The second-order valence-electron chi connectivity index (χ2n) is 5.62. The van der Waals surface area contributed by atoms with Crippen molar-refractivity contribution < 1.29 is 9.84 Å². The summed E-state index contributed by atoms with van der Waals surface area (Å²) in [5, 5.41) is 10.7. The monoisotopic (exact) mass is 352 g/mol. The van der Waals surface area contributed by atoms with Crippen molar-refractivity contribution in [2.45, 2.75) is 37.4 Å². The van der Waals surface area contributed by atoms with E-state index in [9.17, 15) is 5.11 Å². The van der Waals surface area contributed by atoms with Gasteiger partial charge in [0.15, 0.2) is 0 Å². The minimum Gasteiger partial charge on any atom is -0.388 e. The lowest BCUT2D eigenvalue weighted by molar-refractivity contribution is -0.121. The molecule has 0 radical (unpaired) electrons. The predicted octanol–water partition coefficient (Wildman–Crippen LogP) is 4.78. The first-order chi connectivity index (χ1) is 9.60. The first-order valence-electron chi connectivity index (χ1n) is 6.94. The van der Waals surface area contributed by atoms with Gasteiger partial charge in [-0.2, -0.15) is 11.8 Å². The van der Waals surface area contributed by atoms with Crippen molar-refractivity contribution in [2.24, 2.45) is 5.92 Å². The van der Waals surface area contributed by atoms with Crippen molar-refractivity contribution in [1.29, 1.82) is 0 Å². The molecule has 0 saturated carbocycles. The largest absolute Gasteiger partial charge is 0.388 e. The van der Waals surface area contributed by atoms with Gasteiger partial charge < -0.3 is 9.84 Å². The minimum atomic E-state index is -0.526. The summed E-state index contributed by atoms with van der Waals surface area (Å²) in [6, 6.07) is 1.80. The number of halogens is 2. The Bertz CT molecular complexity index is 466. The molecule has 2 unspecified atom stereocenters. The molecular formula is C14H18Cl2O2S2. The Kier molecular flexibility index (Phi) is 4.90. The Hall–Kier alpha value is 0.550. The molecule has 0 aliphatic carbocycles. The maximum absolute atomic E-state index is 10.7. The van der Waals surface area contributed by atoms with E-state index in [4.69, 9.17) is 27.9 Å². The summed E-state index contributed by atoms with van der Waals surface area (Å²) in [5.74, 6) is 2.54. The van der Waals surface area contributed by atoms with Crippen molar-refractivity contribution in [3.05, 3.63) is 20.3 Å². The van der Waals surface area contributed by atoms with Crippen LogP contribution in [0.3, 0.4) is 0 Å². The summed E-state index contributed by atoms with van der Waals surface area (Å²) in [6.45, 7) is 0.738. The molecule has 6 heteroatoms. The molecule has 2 aliphatic rings. The average molecular weight is 353 g/mol. The van der Waals surface area contributed by atoms with Crippen molar-refractivity contribution >= 4 is 46.3 Å². The standard InChI is InChI=1S/C14H18Cl2O2S2/c15-11-7-10(13(16)20-11)12(17)9-1-4-18-14(8-9)2-5-19-6-3-14/h7,9,12,17H,1-6,8H2. The smallest absolute Gasteiger partial charge is 0.100 e. The molecular weight excluding hydrogens is 335 g/mol. The van der Waals surface area contributed by atoms with Crippen LogP contribution in [-0.2, 0) is 4.74 Å². The summed E-state index contributed by atoms with van der Waals surface area (Å²) in [6.07, 6.45) is 3.48. The lowest BCUT2D eigenvalue weighted by atomic mass is 9.78. The van der Waals surface area contributed by atoms with Crippen molar-refractivity contribution in [3.63, 3.8) is 0 Å². The Labute approximate surface area is 137 Å². The third-order valence-electron chi connectivity index (χ3n) is 4.38. The van der Waals surface area contributed by atoms with Crippen LogP contribution >= 0.6 is 46.3 Å². The third kappa shape index (κ3) is 3.16. The van der Waals surface area contributed by atoms with Gasteiger partial charge in [-0.25, -0.2) is 0 Å². The fraction of sp³-hybridized carbons (Fsp3) is 0.714. The second kappa shape index (κ2) is 6.35. The van der Waals surface area contributed by atoms with Gasteiger partial charge in [0.05, 0.1) is 16.0 Å². The molecule has 1 aromatic rings. The number of aliphatic hydroxyl groups is 1. The van der Waals surface area contributed by atoms with Gasteiger partial charge in [-0.05, 0) is 49.2 Å². The number of aliphatic hydroxyl groups excluding tert-OH is 1. The van der Waals surface area contributed by atoms with E-state index < -0.39 is 6.10 Å². The summed E-state index contributed by atoms with van der Waals surface area (Å²) >= 11 is 15.5. The molecule has 2 fully saturated rings. The summed E-state index contributed by atoms with van der Waals surface area (Å²) < 4.78 is 7.33. The van der Waals surface area contributed by atoms with Crippen LogP contribution in [0.2, 0.25) is 8.67 Å². The quantitative estimate of drug-likeness (QED) is 0.830. The first-order valence-corrected chi connectivity index (χ1v) is 9.67. The highest BCUT2D eigenvalue weighted by atomic mass is 35.5. The zero-order valence-electron chi connectivity index (χ0n) is 11.1. The van der Waals surface area contributed by atoms with Crippen LogP contribution in [0.4, 0.5) is 0 Å². The predicted molar refractivity (Wildman–Crippen MR) is 87.3 cm³/mol. The van der Waals surface area contributed by atoms with Gasteiger partial charge in [0.25, 0.3) is 0 Å². The molecule has 2 saturated heterocycles. The molecule has 1 N–H and O–H groups in total. The third-order valence-corrected chi connectivity index (χ3v) is 6.89. The van der Waals surface area contributed by atoms with Crippen LogP contribution in [0.1, 0.15) is 37.4 Å². The molecule has 1 aromatic heterocycles. The number of ether oxygens (including phenoxy) is 1. The summed E-state index contributed by atoms with van der Waals surface area (Å²) in [5.41, 5.74) is 0.774. The van der Waals surface area contributed by atoms with Gasteiger partial charge in [-0.15, -0.1) is 11.3 Å². The lowest BCUT2D eigenvalue weighted by Gasteiger charge is -2.44. The zero-order chi connectivity index (χ0) is 14.2. The molecule has 3 heterocycles.